The third kappa shape index (κ3) is 3.85. The topological polar surface area (TPSA) is 86.9 Å². The highest BCUT2D eigenvalue weighted by Crippen LogP contribution is 2.15. The largest absolute Gasteiger partial charge is 0.345 e. The molecule has 0 bridgehead atoms. The van der Waals surface area contributed by atoms with Crippen LogP contribution in [0.5, 0.6) is 0 Å². The molecule has 25 heavy (non-hydrogen) atoms. The molecule has 0 aliphatic heterocycles. The van der Waals surface area contributed by atoms with E-state index in [1.165, 1.54) is 0 Å². The highest BCUT2D eigenvalue weighted by Gasteiger charge is 2.15. The third-order valence-electron chi connectivity index (χ3n) is 3.99. The van der Waals surface area contributed by atoms with Gasteiger partial charge >= 0.3 is 0 Å². The van der Waals surface area contributed by atoms with Crippen LogP contribution in [0.1, 0.15) is 34.7 Å². The van der Waals surface area contributed by atoms with E-state index in [-0.39, 0.29) is 24.4 Å². The van der Waals surface area contributed by atoms with Gasteiger partial charge in [0.1, 0.15) is 5.82 Å². The van der Waals surface area contributed by atoms with Gasteiger partial charge in [0.05, 0.1) is 23.6 Å². The van der Waals surface area contributed by atoms with Gasteiger partial charge in [-0.3, -0.25) is 9.59 Å². The molecule has 3 aromatic rings. The minimum absolute atomic E-state index is 0.0856. The van der Waals surface area contributed by atoms with E-state index < -0.39 is 0 Å². The van der Waals surface area contributed by atoms with Crippen LogP contribution in [0.3, 0.4) is 0 Å². The number of nitrogens with zero attached hydrogens (tertiary/aromatic N) is 1. The molecule has 0 aliphatic carbocycles. The SMILES string of the molecule is Cc1ccccc1C(=O)NCC(=O)N[C@@H](C)c1nc2ccccc2[nH]1. The molecule has 0 radical (unpaired) electrons. The Morgan fingerprint density at radius 3 is 2.60 bits per heavy atom. The molecule has 2 amide bonds. The van der Waals surface area contributed by atoms with Gasteiger partial charge in [0.15, 0.2) is 0 Å². The molecule has 0 unspecified atom stereocenters. The summed E-state index contributed by atoms with van der Waals surface area (Å²) in [5.74, 6) is 0.152. The number of carbonyl (C=O) groups is 2. The van der Waals surface area contributed by atoms with Crippen molar-refractivity contribution in [3.05, 3.63) is 65.5 Å². The summed E-state index contributed by atoms with van der Waals surface area (Å²) in [5, 5.41) is 5.47. The van der Waals surface area contributed by atoms with E-state index in [1.54, 1.807) is 12.1 Å². The van der Waals surface area contributed by atoms with Crippen molar-refractivity contribution in [2.75, 3.05) is 6.54 Å². The third-order valence-corrected chi connectivity index (χ3v) is 3.99. The molecule has 1 heterocycles. The fraction of sp³-hybridized carbons (Fsp3) is 0.211. The van der Waals surface area contributed by atoms with Crippen LogP contribution in [0.25, 0.3) is 11.0 Å². The predicted molar refractivity (Wildman–Crippen MR) is 96.2 cm³/mol. The number of fused-ring (bicyclic) bond motifs is 1. The number of rotatable bonds is 5. The van der Waals surface area contributed by atoms with Crippen molar-refractivity contribution < 1.29 is 9.59 Å². The van der Waals surface area contributed by atoms with Gasteiger partial charge in [-0.2, -0.15) is 0 Å². The fourth-order valence-electron chi connectivity index (χ4n) is 2.62. The summed E-state index contributed by atoms with van der Waals surface area (Å²) in [6.45, 7) is 3.62. The molecule has 128 valence electrons. The van der Waals surface area contributed by atoms with Gasteiger partial charge in [-0.05, 0) is 37.6 Å². The number of benzene rings is 2. The first-order valence-electron chi connectivity index (χ1n) is 8.12. The maximum absolute atomic E-state index is 12.1. The van der Waals surface area contributed by atoms with Crippen LogP contribution in [0.15, 0.2) is 48.5 Å². The van der Waals surface area contributed by atoms with Crippen molar-refractivity contribution in [2.45, 2.75) is 19.9 Å². The summed E-state index contributed by atoms with van der Waals surface area (Å²) in [6, 6.07) is 14.7. The number of imidazole rings is 1. The molecule has 3 rings (SSSR count). The highest BCUT2D eigenvalue weighted by atomic mass is 16.2. The zero-order valence-corrected chi connectivity index (χ0v) is 14.2. The monoisotopic (exact) mass is 336 g/mol. The summed E-state index contributed by atoms with van der Waals surface area (Å²) in [5.41, 5.74) is 3.22. The average Bonchev–Trinajstić information content (AvgIpc) is 3.04. The standard InChI is InChI=1S/C19H20N4O2/c1-12-7-3-4-8-14(12)19(25)20-11-17(24)21-13(2)18-22-15-9-5-6-10-16(15)23-18/h3-10,13H,11H2,1-2H3,(H,20,25)(H,21,24)(H,22,23)/t13-/m0/s1. The second-order valence-corrected chi connectivity index (χ2v) is 5.93. The molecule has 6 nitrogen and oxygen atoms in total. The first kappa shape index (κ1) is 16.7. The van der Waals surface area contributed by atoms with E-state index in [9.17, 15) is 9.59 Å². The summed E-state index contributed by atoms with van der Waals surface area (Å²) < 4.78 is 0. The van der Waals surface area contributed by atoms with E-state index in [0.29, 0.717) is 11.4 Å². The van der Waals surface area contributed by atoms with Crippen LogP contribution in [-0.2, 0) is 4.79 Å². The number of amides is 2. The molecule has 3 N–H and O–H groups in total. The molecule has 0 saturated carbocycles. The van der Waals surface area contributed by atoms with Gasteiger partial charge in [-0.25, -0.2) is 4.98 Å². The van der Waals surface area contributed by atoms with Crippen molar-refractivity contribution in [1.82, 2.24) is 20.6 Å². The van der Waals surface area contributed by atoms with Crippen LogP contribution >= 0.6 is 0 Å². The lowest BCUT2D eigenvalue weighted by molar-refractivity contribution is -0.120. The molecule has 6 heteroatoms. The Labute approximate surface area is 145 Å². The summed E-state index contributed by atoms with van der Waals surface area (Å²) in [6.07, 6.45) is 0. The van der Waals surface area contributed by atoms with Crippen LogP contribution < -0.4 is 10.6 Å². The molecular formula is C19H20N4O2. The molecule has 0 aliphatic rings. The molecule has 0 saturated heterocycles. The lowest BCUT2D eigenvalue weighted by Gasteiger charge is -2.12. The number of hydrogen-bond donors (Lipinski definition) is 3. The van der Waals surface area contributed by atoms with Crippen molar-refractivity contribution in [1.29, 1.82) is 0 Å². The Bertz CT molecular complexity index is 883. The molecule has 0 spiro atoms. The second-order valence-electron chi connectivity index (χ2n) is 5.93. The Balaban J connectivity index is 1.57. The smallest absolute Gasteiger partial charge is 0.251 e. The van der Waals surface area contributed by atoms with Crippen LogP contribution in [0.2, 0.25) is 0 Å². The van der Waals surface area contributed by atoms with Gasteiger partial charge in [-0.15, -0.1) is 0 Å². The molecular weight excluding hydrogens is 316 g/mol. The Hall–Kier alpha value is -3.15. The Morgan fingerprint density at radius 2 is 1.84 bits per heavy atom. The number of hydrogen-bond acceptors (Lipinski definition) is 3. The quantitative estimate of drug-likeness (QED) is 0.669. The van der Waals surface area contributed by atoms with Gasteiger partial charge < -0.3 is 15.6 Å². The summed E-state index contributed by atoms with van der Waals surface area (Å²) in [7, 11) is 0. The van der Waals surface area contributed by atoms with E-state index in [4.69, 9.17) is 0 Å². The first-order chi connectivity index (χ1) is 12.0. The van der Waals surface area contributed by atoms with Gasteiger partial charge in [-0.1, -0.05) is 30.3 Å². The Kier molecular flexibility index (Phi) is 4.79. The number of aryl methyl sites for hydroxylation is 1. The normalized spacial score (nSPS) is 11.9. The first-order valence-corrected chi connectivity index (χ1v) is 8.12. The van der Waals surface area contributed by atoms with E-state index in [2.05, 4.69) is 20.6 Å². The van der Waals surface area contributed by atoms with Crippen molar-refractivity contribution in [3.8, 4) is 0 Å². The lowest BCUT2D eigenvalue weighted by Crippen LogP contribution is -2.38. The maximum Gasteiger partial charge on any atom is 0.251 e. The van der Waals surface area contributed by atoms with Crippen LogP contribution in [0, 0.1) is 6.92 Å². The van der Waals surface area contributed by atoms with Crippen molar-refractivity contribution in [3.63, 3.8) is 0 Å². The molecule has 2 aromatic carbocycles. The number of aromatic nitrogens is 2. The fourth-order valence-corrected chi connectivity index (χ4v) is 2.62. The van der Waals surface area contributed by atoms with Gasteiger partial charge in [0, 0.05) is 5.56 Å². The molecule has 0 fully saturated rings. The second kappa shape index (κ2) is 7.17. The maximum atomic E-state index is 12.1. The zero-order chi connectivity index (χ0) is 17.8. The zero-order valence-electron chi connectivity index (χ0n) is 14.2. The number of nitrogens with one attached hydrogen (secondary N) is 3. The minimum Gasteiger partial charge on any atom is -0.345 e. The Morgan fingerprint density at radius 1 is 1.12 bits per heavy atom. The average molecular weight is 336 g/mol. The van der Waals surface area contributed by atoms with Crippen molar-refractivity contribution >= 4 is 22.8 Å². The van der Waals surface area contributed by atoms with E-state index >= 15 is 0 Å². The van der Waals surface area contributed by atoms with E-state index in [0.717, 1.165) is 16.6 Å². The van der Waals surface area contributed by atoms with Gasteiger partial charge in [0.2, 0.25) is 5.91 Å². The van der Waals surface area contributed by atoms with Crippen molar-refractivity contribution in [2.24, 2.45) is 0 Å². The minimum atomic E-state index is -0.282. The number of para-hydroxylation sites is 2. The van der Waals surface area contributed by atoms with Crippen LogP contribution in [-0.4, -0.2) is 28.3 Å². The predicted octanol–water partition coefficient (Wildman–Crippen LogP) is 2.48. The number of aromatic amines is 1. The molecule has 1 atom stereocenters. The van der Waals surface area contributed by atoms with Gasteiger partial charge in [0.25, 0.3) is 5.91 Å². The highest BCUT2D eigenvalue weighted by molar-refractivity contribution is 5.97. The summed E-state index contributed by atoms with van der Waals surface area (Å²) >= 11 is 0. The van der Waals surface area contributed by atoms with E-state index in [1.807, 2.05) is 50.2 Å². The summed E-state index contributed by atoms with van der Waals surface area (Å²) in [4.78, 5) is 31.9. The number of H-pyrrole nitrogens is 1. The number of carbonyl (C=O) groups excluding carboxylic acids is 2. The molecule has 1 aromatic heterocycles. The van der Waals surface area contributed by atoms with Crippen LogP contribution in [0.4, 0.5) is 0 Å². The lowest BCUT2D eigenvalue weighted by atomic mass is 10.1.